The summed E-state index contributed by atoms with van der Waals surface area (Å²) in [7, 11) is 0. The van der Waals surface area contributed by atoms with Crippen molar-refractivity contribution in [2.24, 2.45) is 5.92 Å². The minimum Gasteiger partial charge on any atom is -0.250 e. The summed E-state index contributed by atoms with van der Waals surface area (Å²) in [6, 6.07) is 4.12. The maximum Gasteiger partial charge on any atom is 0.191 e. The normalized spacial score (nSPS) is 12.9. The van der Waals surface area contributed by atoms with Crippen molar-refractivity contribution in [2.45, 2.75) is 40.2 Å². The number of rotatable bonds is 5. The number of hydrogen-bond acceptors (Lipinski definition) is 3. The van der Waals surface area contributed by atoms with Gasteiger partial charge in [-0.15, -0.1) is 16.4 Å². The minimum absolute atomic E-state index is 0.667. The fourth-order valence-electron chi connectivity index (χ4n) is 1.74. The average molecular weight is 249 g/mol. The second kappa shape index (κ2) is 5.45. The molecule has 1 unspecified atom stereocenters. The number of hydrogen-bond donors (Lipinski definition) is 0. The Kier molecular flexibility index (Phi) is 3.94. The van der Waals surface area contributed by atoms with Crippen molar-refractivity contribution in [2.75, 3.05) is 0 Å². The van der Waals surface area contributed by atoms with E-state index in [1.54, 1.807) is 11.3 Å². The van der Waals surface area contributed by atoms with E-state index >= 15 is 0 Å². The topological polar surface area (TPSA) is 30.7 Å². The molecule has 2 rings (SSSR count). The molecule has 2 heterocycles. The highest BCUT2D eigenvalue weighted by molar-refractivity contribution is 7.13. The number of aryl methyl sites for hydroxylation is 1. The summed E-state index contributed by atoms with van der Waals surface area (Å²) in [5.74, 6) is 2.66. The molecule has 92 valence electrons. The zero-order chi connectivity index (χ0) is 12.3. The van der Waals surface area contributed by atoms with Crippen molar-refractivity contribution >= 4 is 11.3 Å². The standard InChI is InChI=1S/C13H19N3S/c1-4-10(3)9-12-14-13(15-16(12)5-2)11-7-6-8-17-11/h6-8,10H,4-5,9H2,1-3H3. The second-order valence-electron chi connectivity index (χ2n) is 4.36. The first kappa shape index (κ1) is 12.3. The summed E-state index contributed by atoms with van der Waals surface area (Å²) in [6.45, 7) is 7.49. The largest absolute Gasteiger partial charge is 0.250 e. The lowest BCUT2D eigenvalue weighted by atomic mass is 10.1. The lowest BCUT2D eigenvalue weighted by Crippen LogP contribution is -2.07. The summed E-state index contributed by atoms with van der Waals surface area (Å²) in [5.41, 5.74) is 0. The minimum atomic E-state index is 0.667. The smallest absolute Gasteiger partial charge is 0.191 e. The van der Waals surface area contributed by atoms with Crippen molar-refractivity contribution in [3.8, 4) is 10.7 Å². The molecule has 0 amide bonds. The Labute approximate surface area is 107 Å². The Morgan fingerprint density at radius 3 is 2.82 bits per heavy atom. The lowest BCUT2D eigenvalue weighted by Gasteiger charge is -2.07. The van der Waals surface area contributed by atoms with E-state index < -0.39 is 0 Å². The van der Waals surface area contributed by atoms with Gasteiger partial charge in [0.05, 0.1) is 4.88 Å². The SMILES string of the molecule is CCC(C)Cc1nc(-c2cccs2)nn1CC. The molecule has 2 aromatic heterocycles. The van der Waals surface area contributed by atoms with Gasteiger partial charge in [0.1, 0.15) is 5.82 Å². The molecule has 0 aliphatic carbocycles. The molecule has 3 nitrogen and oxygen atoms in total. The Balaban J connectivity index is 2.26. The van der Waals surface area contributed by atoms with Crippen molar-refractivity contribution in [3.63, 3.8) is 0 Å². The maximum absolute atomic E-state index is 4.67. The molecular formula is C13H19N3S. The van der Waals surface area contributed by atoms with Gasteiger partial charge in [-0.1, -0.05) is 26.3 Å². The highest BCUT2D eigenvalue weighted by Gasteiger charge is 2.13. The van der Waals surface area contributed by atoms with Gasteiger partial charge in [-0.2, -0.15) is 0 Å². The van der Waals surface area contributed by atoms with Gasteiger partial charge in [0.15, 0.2) is 5.82 Å². The van der Waals surface area contributed by atoms with Crippen LogP contribution in [0, 0.1) is 5.92 Å². The van der Waals surface area contributed by atoms with Crippen LogP contribution in [0.3, 0.4) is 0 Å². The van der Waals surface area contributed by atoms with Crippen LogP contribution in [0.5, 0.6) is 0 Å². The van der Waals surface area contributed by atoms with E-state index in [2.05, 4.69) is 42.3 Å². The van der Waals surface area contributed by atoms with E-state index in [1.807, 2.05) is 10.7 Å². The van der Waals surface area contributed by atoms with Crippen molar-refractivity contribution in [3.05, 3.63) is 23.3 Å². The first-order valence-electron chi connectivity index (χ1n) is 6.22. The third-order valence-electron chi connectivity index (χ3n) is 3.02. The van der Waals surface area contributed by atoms with E-state index in [4.69, 9.17) is 0 Å². The molecule has 0 spiro atoms. The van der Waals surface area contributed by atoms with Crippen LogP contribution >= 0.6 is 11.3 Å². The molecule has 0 bridgehead atoms. The third-order valence-corrected chi connectivity index (χ3v) is 3.88. The van der Waals surface area contributed by atoms with Gasteiger partial charge in [0.2, 0.25) is 0 Å². The van der Waals surface area contributed by atoms with Gasteiger partial charge in [-0.25, -0.2) is 9.67 Å². The van der Waals surface area contributed by atoms with Gasteiger partial charge in [-0.05, 0) is 24.3 Å². The summed E-state index contributed by atoms with van der Waals surface area (Å²) in [4.78, 5) is 5.83. The maximum atomic E-state index is 4.67. The van der Waals surface area contributed by atoms with Crippen LogP contribution in [0.15, 0.2) is 17.5 Å². The quantitative estimate of drug-likeness (QED) is 0.810. The molecule has 0 fully saturated rings. The summed E-state index contributed by atoms with van der Waals surface area (Å²) in [6.07, 6.45) is 2.20. The van der Waals surface area contributed by atoms with Crippen LogP contribution in [0.1, 0.15) is 33.0 Å². The molecule has 0 aromatic carbocycles. The molecule has 0 saturated heterocycles. The average Bonchev–Trinajstić information content (AvgIpc) is 2.96. The molecule has 0 N–H and O–H groups in total. The summed E-state index contributed by atoms with van der Waals surface area (Å²) >= 11 is 1.69. The monoisotopic (exact) mass is 249 g/mol. The number of thiophene rings is 1. The molecular weight excluding hydrogens is 230 g/mol. The van der Waals surface area contributed by atoms with Crippen LogP contribution in [0.4, 0.5) is 0 Å². The molecule has 4 heteroatoms. The third kappa shape index (κ3) is 2.75. The molecule has 0 aliphatic heterocycles. The highest BCUT2D eigenvalue weighted by atomic mass is 32.1. The van der Waals surface area contributed by atoms with Crippen molar-refractivity contribution < 1.29 is 0 Å². The molecule has 0 radical (unpaired) electrons. The lowest BCUT2D eigenvalue weighted by molar-refractivity contribution is 0.509. The van der Waals surface area contributed by atoms with Gasteiger partial charge in [0, 0.05) is 13.0 Å². The van der Waals surface area contributed by atoms with Crippen molar-refractivity contribution in [1.29, 1.82) is 0 Å². The van der Waals surface area contributed by atoms with Crippen LogP contribution in [0.2, 0.25) is 0 Å². The molecule has 17 heavy (non-hydrogen) atoms. The van der Waals surface area contributed by atoms with Gasteiger partial charge in [0.25, 0.3) is 0 Å². The second-order valence-corrected chi connectivity index (χ2v) is 5.31. The highest BCUT2D eigenvalue weighted by Crippen LogP contribution is 2.22. The predicted octanol–water partition coefficient (Wildman–Crippen LogP) is 3.62. The Morgan fingerprint density at radius 1 is 1.41 bits per heavy atom. The zero-order valence-electron chi connectivity index (χ0n) is 10.7. The van der Waals surface area contributed by atoms with E-state index in [0.717, 1.165) is 29.5 Å². The van der Waals surface area contributed by atoms with E-state index in [-0.39, 0.29) is 0 Å². The fourth-order valence-corrected chi connectivity index (χ4v) is 2.40. The number of aromatic nitrogens is 3. The van der Waals surface area contributed by atoms with E-state index in [9.17, 15) is 0 Å². The van der Waals surface area contributed by atoms with E-state index in [1.165, 1.54) is 6.42 Å². The van der Waals surface area contributed by atoms with Gasteiger partial charge >= 0.3 is 0 Å². The predicted molar refractivity (Wildman–Crippen MR) is 72.2 cm³/mol. The fraction of sp³-hybridized carbons (Fsp3) is 0.538. The Hall–Kier alpha value is -1.16. The summed E-state index contributed by atoms with van der Waals surface area (Å²) < 4.78 is 2.03. The Morgan fingerprint density at radius 2 is 2.24 bits per heavy atom. The molecule has 1 atom stereocenters. The van der Waals surface area contributed by atoms with E-state index in [0.29, 0.717) is 5.92 Å². The van der Waals surface area contributed by atoms with Crippen LogP contribution in [-0.2, 0) is 13.0 Å². The first-order chi connectivity index (χ1) is 8.24. The first-order valence-corrected chi connectivity index (χ1v) is 7.10. The van der Waals surface area contributed by atoms with Crippen LogP contribution < -0.4 is 0 Å². The summed E-state index contributed by atoms with van der Waals surface area (Å²) in [5, 5.41) is 6.64. The van der Waals surface area contributed by atoms with Gasteiger partial charge in [-0.3, -0.25) is 0 Å². The zero-order valence-corrected chi connectivity index (χ0v) is 11.5. The number of nitrogens with zero attached hydrogens (tertiary/aromatic N) is 3. The van der Waals surface area contributed by atoms with Crippen LogP contribution in [0.25, 0.3) is 10.7 Å². The van der Waals surface area contributed by atoms with Crippen molar-refractivity contribution in [1.82, 2.24) is 14.8 Å². The molecule has 0 aliphatic rings. The van der Waals surface area contributed by atoms with Crippen LogP contribution in [-0.4, -0.2) is 14.8 Å². The molecule has 2 aromatic rings. The van der Waals surface area contributed by atoms with Gasteiger partial charge < -0.3 is 0 Å². The molecule has 0 saturated carbocycles. The Bertz CT molecular complexity index is 459.